The second-order valence-corrected chi connectivity index (χ2v) is 5.05. The summed E-state index contributed by atoms with van der Waals surface area (Å²) >= 11 is 6.12. The summed E-state index contributed by atoms with van der Waals surface area (Å²) in [6, 6.07) is 9.04. The highest BCUT2D eigenvalue weighted by Crippen LogP contribution is 2.26. The van der Waals surface area contributed by atoms with E-state index in [1.807, 2.05) is 25.1 Å². The lowest BCUT2D eigenvalue weighted by Gasteiger charge is -2.22. The quantitative estimate of drug-likeness (QED) is 0.905. The fraction of sp³-hybridized carbons (Fsp3) is 0.286. The zero-order valence-electron chi connectivity index (χ0n) is 11.8. The summed E-state index contributed by atoms with van der Waals surface area (Å²) < 4.78 is 0. The van der Waals surface area contributed by atoms with Crippen molar-refractivity contribution in [2.75, 3.05) is 13.6 Å². The van der Waals surface area contributed by atoms with E-state index in [4.69, 9.17) is 17.3 Å². The SMILES string of the molecule is CC(CN)N(C)C(=O)c1cc(-c2ccccc2Cl)n[nH]1.Cl. The molecule has 1 amide bonds. The molecule has 2 aromatic rings. The first kappa shape index (κ1) is 17.5. The molecule has 1 aromatic heterocycles. The molecule has 0 saturated heterocycles. The van der Waals surface area contributed by atoms with Gasteiger partial charge in [-0.25, -0.2) is 0 Å². The van der Waals surface area contributed by atoms with Crippen molar-refractivity contribution in [2.24, 2.45) is 5.73 Å². The van der Waals surface area contributed by atoms with E-state index in [1.165, 1.54) is 0 Å². The monoisotopic (exact) mass is 328 g/mol. The van der Waals surface area contributed by atoms with Crippen LogP contribution in [-0.4, -0.2) is 40.6 Å². The summed E-state index contributed by atoms with van der Waals surface area (Å²) in [6.45, 7) is 2.30. The van der Waals surface area contributed by atoms with Crippen LogP contribution in [0.1, 0.15) is 17.4 Å². The number of H-pyrrole nitrogens is 1. The van der Waals surface area contributed by atoms with Crippen molar-refractivity contribution in [3.8, 4) is 11.3 Å². The van der Waals surface area contributed by atoms with Crippen LogP contribution in [0.4, 0.5) is 0 Å². The number of likely N-dealkylation sites (N-methyl/N-ethyl adjacent to an activating group) is 1. The minimum atomic E-state index is -0.145. The number of hydrogen-bond acceptors (Lipinski definition) is 3. The van der Waals surface area contributed by atoms with Crippen molar-refractivity contribution in [3.63, 3.8) is 0 Å². The second kappa shape index (κ2) is 7.45. The van der Waals surface area contributed by atoms with Gasteiger partial charge in [0.1, 0.15) is 5.69 Å². The minimum absolute atomic E-state index is 0. The first-order chi connectivity index (χ1) is 9.54. The van der Waals surface area contributed by atoms with Gasteiger partial charge in [-0.05, 0) is 19.1 Å². The van der Waals surface area contributed by atoms with Crippen molar-refractivity contribution < 1.29 is 4.79 Å². The summed E-state index contributed by atoms with van der Waals surface area (Å²) in [5.41, 5.74) is 7.42. The Hall–Kier alpha value is -1.56. The summed E-state index contributed by atoms with van der Waals surface area (Å²) in [5.74, 6) is -0.145. The number of carbonyl (C=O) groups excluding carboxylic acids is 1. The van der Waals surface area contributed by atoms with Gasteiger partial charge in [-0.2, -0.15) is 5.10 Å². The smallest absolute Gasteiger partial charge is 0.271 e. The Morgan fingerprint density at radius 2 is 2.14 bits per heavy atom. The fourth-order valence-corrected chi connectivity index (χ4v) is 2.02. The van der Waals surface area contributed by atoms with Crippen LogP contribution in [0.2, 0.25) is 5.02 Å². The van der Waals surface area contributed by atoms with Gasteiger partial charge < -0.3 is 10.6 Å². The van der Waals surface area contributed by atoms with E-state index in [9.17, 15) is 4.79 Å². The molecule has 5 nitrogen and oxygen atoms in total. The Labute approximate surface area is 134 Å². The molecular formula is C14H18Cl2N4O. The molecule has 2 rings (SSSR count). The maximum absolute atomic E-state index is 12.2. The fourth-order valence-electron chi connectivity index (χ4n) is 1.79. The molecule has 0 saturated carbocycles. The average molecular weight is 329 g/mol. The van der Waals surface area contributed by atoms with E-state index in [0.29, 0.717) is 23.0 Å². The Balaban J connectivity index is 0.00000220. The van der Waals surface area contributed by atoms with Gasteiger partial charge >= 0.3 is 0 Å². The van der Waals surface area contributed by atoms with E-state index < -0.39 is 0 Å². The molecule has 0 spiro atoms. The van der Waals surface area contributed by atoms with Crippen LogP contribution in [0.15, 0.2) is 30.3 Å². The van der Waals surface area contributed by atoms with Gasteiger partial charge in [0.15, 0.2) is 0 Å². The van der Waals surface area contributed by atoms with Crippen LogP contribution >= 0.6 is 24.0 Å². The highest BCUT2D eigenvalue weighted by atomic mass is 35.5. The maximum Gasteiger partial charge on any atom is 0.271 e. The van der Waals surface area contributed by atoms with Crippen molar-refractivity contribution in [1.82, 2.24) is 15.1 Å². The van der Waals surface area contributed by atoms with Crippen molar-refractivity contribution in [2.45, 2.75) is 13.0 Å². The van der Waals surface area contributed by atoms with Gasteiger partial charge in [-0.3, -0.25) is 9.89 Å². The molecule has 7 heteroatoms. The molecule has 114 valence electrons. The number of nitrogens with two attached hydrogens (primary N) is 1. The second-order valence-electron chi connectivity index (χ2n) is 4.65. The summed E-state index contributed by atoms with van der Waals surface area (Å²) in [6.07, 6.45) is 0. The molecule has 0 aliphatic rings. The number of nitrogens with one attached hydrogen (secondary N) is 1. The van der Waals surface area contributed by atoms with E-state index >= 15 is 0 Å². The highest BCUT2D eigenvalue weighted by molar-refractivity contribution is 6.33. The number of halogens is 2. The highest BCUT2D eigenvalue weighted by Gasteiger charge is 2.19. The third kappa shape index (κ3) is 3.75. The molecule has 1 unspecified atom stereocenters. The van der Waals surface area contributed by atoms with Gasteiger partial charge in [0.25, 0.3) is 5.91 Å². The number of carbonyl (C=O) groups is 1. The first-order valence-corrected chi connectivity index (χ1v) is 6.70. The summed E-state index contributed by atoms with van der Waals surface area (Å²) in [5, 5.41) is 7.50. The lowest BCUT2D eigenvalue weighted by molar-refractivity contribution is 0.0742. The summed E-state index contributed by atoms with van der Waals surface area (Å²) in [4.78, 5) is 13.8. The van der Waals surface area contributed by atoms with Crippen LogP contribution in [0, 0.1) is 0 Å². The van der Waals surface area contributed by atoms with E-state index in [1.54, 1.807) is 24.1 Å². The zero-order valence-corrected chi connectivity index (χ0v) is 13.4. The van der Waals surface area contributed by atoms with E-state index in [0.717, 1.165) is 5.56 Å². The Morgan fingerprint density at radius 3 is 2.76 bits per heavy atom. The molecular weight excluding hydrogens is 311 g/mol. The third-order valence-electron chi connectivity index (χ3n) is 3.28. The lowest BCUT2D eigenvalue weighted by atomic mass is 10.1. The molecule has 0 fully saturated rings. The third-order valence-corrected chi connectivity index (χ3v) is 3.61. The Morgan fingerprint density at radius 1 is 1.48 bits per heavy atom. The van der Waals surface area contributed by atoms with Gasteiger partial charge in [0.05, 0.1) is 10.7 Å². The van der Waals surface area contributed by atoms with Crippen LogP contribution < -0.4 is 5.73 Å². The van der Waals surface area contributed by atoms with Crippen molar-refractivity contribution in [3.05, 3.63) is 41.0 Å². The Bertz CT molecular complexity index is 615. The molecule has 3 N–H and O–H groups in total. The normalized spacial score (nSPS) is 11.6. The van der Waals surface area contributed by atoms with Crippen LogP contribution in [0.3, 0.4) is 0 Å². The molecule has 0 radical (unpaired) electrons. The topological polar surface area (TPSA) is 75.0 Å². The molecule has 0 aliphatic carbocycles. The predicted molar refractivity (Wildman–Crippen MR) is 86.9 cm³/mol. The number of rotatable bonds is 4. The van der Waals surface area contributed by atoms with Crippen molar-refractivity contribution in [1.29, 1.82) is 0 Å². The van der Waals surface area contributed by atoms with Crippen molar-refractivity contribution >= 4 is 29.9 Å². The van der Waals surface area contributed by atoms with E-state index in [2.05, 4.69) is 10.2 Å². The maximum atomic E-state index is 12.2. The number of aromatic nitrogens is 2. The lowest BCUT2D eigenvalue weighted by Crippen LogP contribution is -2.39. The van der Waals surface area contributed by atoms with E-state index in [-0.39, 0.29) is 24.4 Å². The number of nitrogens with zero attached hydrogens (tertiary/aromatic N) is 2. The molecule has 1 atom stereocenters. The number of benzene rings is 1. The molecule has 1 heterocycles. The number of hydrogen-bond donors (Lipinski definition) is 2. The minimum Gasteiger partial charge on any atom is -0.336 e. The average Bonchev–Trinajstić information content (AvgIpc) is 2.94. The largest absolute Gasteiger partial charge is 0.336 e. The van der Waals surface area contributed by atoms with Gasteiger partial charge in [0, 0.05) is 25.2 Å². The number of amides is 1. The predicted octanol–water partition coefficient (Wildman–Crippen LogP) is 2.57. The Kier molecular flexibility index (Phi) is 6.20. The van der Waals surface area contributed by atoms with Gasteiger partial charge in [-0.15, -0.1) is 12.4 Å². The zero-order chi connectivity index (χ0) is 14.7. The molecule has 0 aliphatic heterocycles. The molecule has 1 aromatic carbocycles. The van der Waals surface area contributed by atoms with Gasteiger partial charge in [0.2, 0.25) is 0 Å². The number of aromatic amines is 1. The molecule has 21 heavy (non-hydrogen) atoms. The standard InChI is InChI=1S/C14H17ClN4O.ClH/c1-9(8-16)19(2)14(20)13-7-12(17-18-13)10-5-3-4-6-11(10)15;/h3-7,9H,8,16H2,1-2H3,(H,17,18);1H. The van der Waals surface area contributed by atoms with Crippen LogP contribution in [0.5, 0.6) is 0 Å². The van der Waals surface area contributed by atoms with Gasteiger partial charge in [-0.1, -0.05) is 29.8 Å². The van der Waals surface area contributed by atoms with Crippen LogP contribution in [0.25, 0.3) is 11.3 Å². The van der Waals surface area contributed by atoms with Crippen LogP contribution in [-0.2, 0) is 0 Å². The molecule has 0 bridgehead atoms. The summed E-state index contributed by atoms with van der Waals surface area (Å²) in [7, 11) is 1.72. The first-order valence-electron chi connectivity index (χ1n) is 6.32.